The van der Waals surface area contributed by atoms with Crippen molar-refractivity contribution in [3.05, 3.63) is 87.4 Å². The molecule has 3 rings (SSSR count). The van der Waals surface area contributed by atoms with E-state index in [1.165, 1.54) is 22.9 Å². The van der Waals surface area contributed by atoms with Crippen LogP contribution in [0.2, 0.25) is 5.02 Å². The van der Waals surface area contributed by atoms with Gasteiger partial charge in [-0.3, -0.25) is 9.59 Å². The molecular weight excluding hydrogens is 369 g/mol. The Balaban J connectivity index is 1.59. The average molecular weight is 386 g/mol. The molecule has 0 spiro atoms. The van der Waals surface area contributed by atoms with Crippen LogP contribution >= 0.6 is 11.6 Å². The first kappa shape index (κ1) is 18.8. The van der Waals surface area contributed by atoms with E-state index in [-0.39, 0.29) is 36.8 Å². The van der Waals surface area contributed by atoms with E-state index >= 15 is 0 Å². The summed E-state index contributed by atoms with van der Waals surface area (Å²) >= 11 is 5.89. The van der Waals surface area contributed by atoms with E-state index in [1.54, 1.807) is 30.3 Å². The Hall–Kier alpha value is -2.99. The van der Waals surface area contributed by atoms with Crippen LogP contribution in [0.3, 0.4) is 0 Å². The molecule has 0 fully saturated rings. The van der Waals surface area contributed by atoms with Gasteiger partial charge in [0.2, 0.25) is 5.91 Å². The Kier molecular flexibility index (Phi) is 5.98. The number of halogens is 2. The van der Waals surface area contributed by atoms with E-state index in [1.807, 2.05) is 12.1 Å². The molecule has 0 unspecified atom stereocenters. The van der Waals surface area contributed by atoms with Gasteiger partial charge in [-0.05, 0) is 35.9 Å². The molecule has 1 amide bonds. The topological polar surface area (TPSA) is 64.0 Å². The number of benzene rings is 2. The number of nitrogens with zero attached hydrogens (tertiary/aromatic N) is 2. The van der Waals surface area contributed by atoms with Gasteiger partial charge in [0.25, 0.3) is 5.56 Å². The second-order valence-electron chi connectivity index (χ2n) is 5.94. The molecule has 0 saturated carbocycles. The lowest BCUT2D eigenvalue weighted by atomic mass is 10.1. The SMILES string of the molecule is O=C(Cc1ccc(F)cc1)NCCn1nc(-c2ccc(Cl)cc2)ccc1=O. The molecule has 0 aliphatic heterocycles. The number of nitrogens with one attached hydrogen (secondary N) is 1. The first-order chi connectivity index (χ1) is 13.0. The van der Waals surface area contributed by atoms with Gasteiger partial charge < -0.3 is 5.32 Å². The van der Waals surface area contributed by atoms with Crippen molar-refractivity contribution in [1.29, 1.82) is 0 Å². The summed E-state index contributed by atoms with van der Waals surface area (Å²) in [6.45, 7) is 0.506. The van der Waals surface area contributed by atoms with Crippen molar-refractivity contribution in [2.24, 2.45) is 0 Å². The van der Waals surface area contributed by atoms with Gasteiger partial charge in [0.05, 0.1) is 18.7 Å². The van der Waals surface area contributed by atoms with Crippen molar-refractivity contribution < 1.29 is 9.18 Å². The fourth-order valence-electron chi connectivity index (χ4n) is 2.54. The van der Waals surface area contributed by atoms with Crippen LogP contribution in [-0.2, 0) is 17.8 Å². The number of hydrogen-bond acceptors (Lipinski definition) is 3. The van der Waals surface area contributed by atoms with Gasteiger partial charge >= 0.3 is 0 Å². The van der Waals surface area contributed by atoms with E-state index in [0.29, 0.717) is 16.3 Å². The minimum atomic E-state index is -0.342. The molecular formula is C20H17ClFN3O2. The highest BCUT2D eigenvalue weighted by Crippen LogP contribution is 2.18. The van der Waals surface area contributed by atoms with Crippen LogP contribution in [0.15, 0.2) is 65.5 Å². The Morgan fingerprint density at radius 1 is 1.04 bits per heavy atom. The largest absolute Gasteiger partial charge is 0.354 e. The molecule has 0 radical (unpaired) electrons. The molecule has 0 atom stereocenters. The zero-order chi connectivity index (χ0) is 19.2. The summed E-state index contributed by atoms with van der Waals surface area (Å²) in [5, 5.41) is 7.69. The molecule has 0 aliphatic carbocycles. The molecule has 2 aromatic carbocycles. The van der Waals surface area contributed by atoms with Gasteiger partial charge in [0.1, 0.15) is 5.82 Å². The standard InChI is InChI=1S/C20H17ClFN3O2/c21-16-5-3-15(4-6-16)18-9-10-20(27)25(24-18)12-11-23-19(26)13-14-1-7-17(22)8-2-14/h1-10H,11-13H2,(H,23,26). The molecule has 7 heteroatoms. The van der Waals surface area contributed by atoms with Gasteiger partial charge in [-0.25, -0.2) is 9.07 Å². The highest BCUT2D eigenvalue weighted by atomic mass is 35.5. The maximum absolute atomic E-state index is 12.9. The number of aromatic nitrogens is 2. The van der Waals surface area contributed by atoms with Gasteiger partial charge in [0, 0.05) is 23.2 Å². The molecule has 5 nitrogen and oxygen atoms in total. The highest BCUT2D eigenvalue weighted by Gasteiger charge is 2.06. The van der Waals surface area contributed by atoms with E-state index in [4.69, 9.17) is 11.6 Å². The van der Waals surface area contributed by atoms with Crippen molar-refractivity contribution in [3.63, 3.8) is 0 Å². The van der Waals surface area contributed by atoms with Crippen LogP contribution in [0.4, 0.5) is 4.39 Å². The maximum Gasteiger partial charge on any atom is 0.266 e. The average Bonchev–Trinajstić information content (AvgIpc) is 2.66. The molecule has 1 aromatic heterocycles. The third-order valence-electron chi connectivity index (χ3n) is 3.93. The van der Waals surface area contributed by atoms with Crippen molar-refractivity contribution in [2.75, 3.05) is 6.54 Å². The number of carbonyl (C=O) groups is 1. The summed E-state index contributed by atoms with van der Waals surface area (Å²) in [6, 6.07) is 16.0. The Bertz CT molecular complexity index is 985. The van der Waals surface area contributed by atoms with Crippen LogP contribution in [0, 0.1) is 5.82 Å². The summed E-state index contributed by atoms with van der Waals surface area (Å²) in [7, 11) is 0. The fourth-order valence-corrected chi connectivity index (χ4v) is 2.66. The summed E-state index contributed by atoms with van der Waals surface area (Å²) < 4.78 is 14.2. The lowest BCUT2D eigenvalue weighted by Crippen LogP contribution is -2.32. The van der Waals surface area contributed by atoms with Crippen molar-refractivity contribution in [2.45, 2.75) is 13.0 Å². The third-order valence-corrected chi connectivity index (χ3v) is 4.18. The number of rotatable bonds is 6. The van der Waals surface area contributed by atoms with Crippen molar-refractivity contribution in [3.8, 4) is 11.3 Å². The van der Waals surface area contributed by atoms with E-state index in [2.05, 4.69) is 10.4 Å². The zero-order valence-electron chi connectivity index (χ0n) is 14.4. The first-order valence-electron chi connectivity index (χ1n) is 8.36. The van der Waals surface area contributed by atoms with Gasteiger partial charge in [-0.1, -0.05) is 35.9 Å². The van der Waals surface area contributed by atoms with Gasteiger partial charge in [0.15, 0.2) is 0 Å². The van der Waals surface area contributed by atoms with Crippen LogP contribution in [0.5, 0.6) is 0 Å². The molecule has 0 aliphatic rings. The van der Waals surface area contributed by atoms with Crippen LogP contribution in [0.25, 0.3) is 11.3 Å². The van der Waals surface area contributed by atoms with Gasteiger partial charge in [-0.2, -0.15) is 5.10 Å². The third kappa shape index (κ3) is 5.24. The van der Waals surface area contributed by atoms with Crippen molar-refractivity contribution >= 4 is 17.5 Å². The molecule has 0 saturated heterocycles. The van der Waals surface area contributed by atoms with Crippen molar-refractivity contribution in [1.82, 2.24) is 15.1 Å². The summed E-state index contributed by atoms with van der Waals surface area (Å²) in [4.78, 5) is 24.0. The molecule has 3 aromatic rings. The molecule has 1 heterocycles. The Morgan fingerprint density at radius 3 is 2.44 bits per heavy atom. The number of amides is 1. The Morgan fingerprint density at radius 2 is 1.74 bits per heavy atom. The summed E-state index contributed by atoms with van der Waals surface area (Å²) in [5.74, 6) is -0.548. The molecule has 0 bridgehead atoms. The molecule has 138 valence electrons. The normalized spacial score (nSPS) is 10.6. The minimum Gasteiger partial charge on any atom is -0.354 e. The summed E-state index contributed by atoms with van der Waals surface area (Å²) in [6.07, 6.45) is 0.146. The van der Waals surface area contributed by atoms with E-state index < -0.39 is 0 Å². The minimum absolute atomic E-state index is 0.146. The quantitative estimate of drug-likeness (QED) is 0.709. The maximum atomic E-state index is 12.9. The first-order valence-corrected chi connectivity index (χ1v) is 8.74. The highest BCUT2D eigenvalue weighted by molar-refractivity contribution is 6.30. The predicted molar refractivity (Wildman–Crippen MR) is 102 cm³/mol. The van der Waals surface area contributed by atoms with Crippen LogP contribution in [-0.4, -0.2) is 22.2 Å². The lowest BCUT2D eigenvalue weighted by molar-refractivity contribution is -0.120. The second-order valence-corrected chi connectivity index (χ2v) is 6.38. The lowest BCUT2D eigenvalue weighted by Gasteiger charge is -2.09. The van der Waals surface area contributed by atoms with E-state index in [9.17, 15) is 14.0 Å². The monoisotopic (exact) mass is 385 g/mol. The molecule has 1 N–H and O–H groups in total. The van der Waals surface area contributed by atoms with Crippen LogP contribution in [0.1, 0.15) is 5.56 Å². The number of carbonyl (C=O) groups excluding carboxylic acids is 1. The molecule has 27 heavy (non-hydrogen) atoms. The summed E-state index contributed by atoms with van der Waals surface area (Å²) in [5.41, 5.74) is 1.95. The zero-order valence-corrected chi connectivity index (χ0v) is 15.1. The fraction of sp³-hybridized carbons (Fsp3) is 0.150. The second kappa shape index (κ2) is 8.60. The Labute approximate surface area is 160 Å². The van der Waals surface area contributed by atoms with Gasteiger partial charge in [-0.15, -0.1) is 0 Å². The van der Waals surface area contributed by atoms with Crippen LogP contribution < -0.4 is 10.9 Å². The number of hydrogen-bond donors (Lipinski definition) is 1. The smallest absolute Gasteiger partial charge is 0.266 e. The predicted octanol–water partition coefficient (Wildman–Crippen LogP) is 3.06. The van der Waals surface area contributed by atoms with E-state index in [0.717, 1.165) is 5.56 Å².